The molecule has 2 aromatic carbocycles. The van der Waals surface area contributed by atoms with Gasteiger partial charge < -0.3 is 19.6 Å². The Balaban J connectivity index is 1.50. The van der Waals surface area contributed by atoms with Crippen LogP contribution >= 0.6 is 0 Å². The molecular formula is C24H24N2O3. The summed E-state index contributed by atoms with van der Waals surface area (Å²) in [5.74, 6) is 1.66. The van der Waals surface area contributed by atoms with E-state index in [0.717, 1.165) is 34.4 Å². The number of carbonyl (C=O) groups is 1. The number of benzene rings is 2. The predicted molar refractivity (Wildman–Crippen MR) is 114 cm³/mol. The highest BCUT2D eigenvalue weighted by Gasteiger charge is 2.23. The molecule has 0 aliphatic carbocycles. The number of hydrogen-bond donors (Lipinski definition) is 1. The zero-order valence-corrected chi connectivity index (χ0v) is 16.6. The number of pyridine rings is 1. The number of rotatable bonds is 7. The molecule has 1 N–H and O–H groups in total. The van der Waals surface area contributed by atoms with E-state index in [1.165, 1.54) is 11.1 Å². The first-order valence-corrected chi connectivity index (χ1v) is 9.72. The molecule has 1 atom stereocenters. The molecule has 29 heavy (non-hydrogen) atoms. The van der Waals surface area contributed by atoms with Gasteiger partial charge in [0.1, 0.15) is 12.0 Å². The summed E-state index contributed by atoms with van der Waals surface area (Å²) >= 11 is 0. The number of anilines is 1. The van der Waals surface area contributed by atoms with E-state index in [1.54, 1.807) is 7.11 Å². The van der Waals surface area contributed by atoms with Crippen molar-refractivity contribution in [3.8, 4) is 22.8 Å². The van der Waals surface area contributed by atoms with Crippen LogP contribution in [0.1, 0.15) is 29.0 Å². The minimum atomic E-state index is 0.175. The average molecular weight is 388 g/mol. The van der Waals surface area contributed by atoms with Crippen LogP contribution in [0.5, 0.6) is 11.6 Å². The molecule has 0 bridgehead atoms. The molecule has 5 heteroatoms. The van der Waals surface area contributed by atoms with Gasteiger partial charge in [-0.1, -0.05) is 24.3 Å². The van der Waals surface area contributed by atoms with Gasteiger partial charge in [-0.25, -0.2) is 4.98 Å². The van der Waals surface area contributed by atoms with Gasteiger partial charge in [-0.15, -0.1) is 0 Å². The van der Waals surface area contributed by atoms with E-state index < -0.39 is 0 Å². The van der Waals surface area contributed by atoms with Crippen LogP contribution in [-0.2, 0) is 11.3 Å². The number of fused-ring (bicyclic) bond motifs is 1. The summed E-state index contributed by atoms with van der Waals surface area (Å²) in [6.07, 6.45) is 3.31. The fourth-order valence-corrected chi connectivity index (χ4v) is 3.74. The highest BCUT2D eigenvalue weighted by atomic mass is 16.5. The van der Waals surface area contributed by atoms with Crippen LogP contribution in [0, 0.1) is 6.92 Å². The van der Waals surface area contributed by atoms with Crippen LogP contribution in [0.25, 0.3) is 11.1 Å². The quantitative estimate of drug-likeness (QED) is 0.592. The van der Waals surface area contributed by atoms with Crippen molar-refractivity contribution < 1.29 is 14.3 Å². The van der Waals surface area contributed by atoms with E-state index in [1.807, 2.05) is 24.4 Å². The monoisotopic (exact) mass is 388 g/mol. The van der Waals surface area contributed by atoms with E-state index in [9.17, 15) is 4.79 Å². The number of aromatic nitrogens is 1. The number of methoxy groups -OCH3 is 1. The molecule has 1 aliphatic rings. The molecule has 0 fully saturated rings. The topological polar surface area (TPSA) is 60.5 Å². The molecule has 5 nitrogen and oxygen atoms in total. The summed E-state index contributed by atoms with van der Waals surface area (Å²) in [6.45, 7) is 3.42. The van der Waals surface area contributed by atoms with Crippen molar-refractivity contribution in [3.63, 3.8) is 0 Å². The minimum absolute atomic E-state index is 0.175. The number of nitrogens with one attached hydrogen (secondary N) is 1. The maximum atomic E-state index is 10.8. The molecule has 3 aromatic rings. The SMILES string of the molecule is COc1ccc(-c2cccc(CNc3ccc4c(c3)OC[C@H]4CC=O)c2C)cn1. The largest absolute Gasteiger partial charge is 0.493 e. The minimum Gasteiger partial charge on any atom is -0.493 e. The summed E-state index contributed by atoms with van der Waals surface area (Å²) in [6, 6.07) is 16.3. The Morgan fingerprint density at radius 1 is 1.24 bits per heavy atom. The molecule has 0 saturated carbocycles. The smallest absolute Gasteiger partial charge is 0.212 e. The third-order valence-electron chi connectivity index (χ3n) is 5.46. The zero-order valence-electron chi connectivity index (χ0n) is 16.6. The van der Waals surface area contributed by atoms with Gasteiger partial charge in [-0.2, -0.15) is 0 Å². The molecule has 0 radical (unpaired) electrons. The van der Waals surface area contributed by atoms with Crippen molar-refractivity contribution in [3.05, 3.63) is 71.4 Å². The summed E-state index contributed by atoms with van der Waals surface area (Å²) in [5.41, 5.74) is 6.79. The first kappa shape index (κ1) is 19.0. The summed E-state index contributed by atoms with van der Waals surface area (Å²) in [7, 11) is 1.62. The third kappa shape index (κ3) is 3.94. The molecule has 2 heterocycles. The highest BCUT2D eigenvalue weighted by Crippen LogP contribution is 2.37. The fraction of sp³-hybridized carbons (Fsp3) is 0.250. The van der Waals surface area contributed by atoms with Crippen molar-refractivity contribution in [1.82, 2.24) is 4.98 Å². The van der Waals surface area contributed by atoms with Gasteiger partial charge in [0, 0.05) is 54.0 Å². The molecule has 0 amide bonds. The Bertz CT molecular complexity index is 1020. The second kappa shape index (κ2) is 8.35. The Morgan fingerprint density at radius 3 is 2.90 bits per heavy atom. The number of carbonyl (C=O) groups excluding carboxylic acids is 1. The summed E-state index contributed by atoms with van der Waals surface area (Å²) in [4.78, 5) is 15.1. The molecule has 0 unspecified atom stereocenters. The Labute approximate surface area is 170 Å². The maximum absolute atomic E-state index is 10.8. The fourth-order valence-electron chi connectivity index (χ4n) is 3.74. The zero-order chi connectivity index (χ0) is 20.2. The maximum Gasteiger partial charge on any atom is 0.212 e. The van der Waals surface area contributed by atoms with Gasteiger partial charge in [-0.05, 0) is 35.7 Å². The van der Waals surface area contributed by atoms with Gasteiger partial charge in [0.25, 0.3) is 0 Å². The van der Waals surface area contributed by atoms with Crippen molar-refractivity contribution in [2.24, 2.45) is 0 Å². The lowest BCUT2D eigenvalue weighted by Crippen LogP contribution is -2.02. The van der Waals surface area contributed by atoms with Gasteiger partial charge in [0.15, 0.2) is 0 Å². The van der Waals surface area contributed by atoms with E-state index in [2.05, 4.69) is 47.6 Å². The second-order valence-corrected chi connectivity index (χ2v) is 7.20. The molecule has 1 aromatic heterocycles. The lowest BCUT2D eigenvalue weighted by Gasteiger charge is -2.14. The van der Waals surface area contributed by atoms with Gasteiger partial charge >= 0.3 is 0 Å². The van der Waals surface area contributed by atoms with E-state index in [4.69, 9.17) is 9.47 Å². The Kier molecular flexibility index (Phi) is 5.47. The number of nitrogens with zero attached hydrogens (tertiary/aromatic N) is 1. The average Bonchev–Trinajstić information content (AvgIpc) is 3.15. The third-order valence-corrected chi connectivity index (χ3v) is 5.46. The van der Waals surface area contributed by atoms with Crippen molar-refractivity contribution >= 4 is 12.0 Å². The van der Waals surface area contributed by atoms with Crippen LogP contribution in [0.15, 0.2) is 54.7 Å². The molecule has 0 spiro atoms. The van der Waals surface area contributed by atoms with Gasteiger partial charge in [0.2, 0.25) is 5.88 Å². The van der Waals surface area contributed by atoms with Crippen LogP contribution < -0.4 is 14.8 Å². The molecular weight excluding hydrogens is 364 g/mol. The molecule has 0 saturated heterocycles. The standard InChI is InChI=1S/C24H24N2O3/c1-16-17(4-3-5-21(16)18-6-9-24(28-2)26-14-18)13-25-20-7-8-22-19(10-11-27)15-29-23(22)12-20/h3-9,11-12,14,19,25H,10,13,15H2,1-2H3/t19-/m1/s1. The van der Waals surface area contributed by atoms with Gasteiger partial charge in [0.05, 0.1) is 13.7 Å². The summed E-state index contributed by atoms with van der Waals surface area (Å²) < 4.78 is 10.9. The molecule has 148 valence electrons. The number of aldehydes is 1. The van der Waals surface area contributed by atoms with Crippen molar-refractivity contribution in [2.75, 3.05) is 19.0 Å². The van der Waals surface area contributed by atoms with E-state index in [-0.39, 0.29) is 5.92 Å². The van der Waals surface area contributed by atoms with Gasteiger partial charge in [-0.3, -0.25) is 0 Å². The van der Waals surface area contributed by atoms with Crippen molar-refractivity contribution in [2.45, 2.75) is 25.8 Å². The van der Waals surface area contributed by atoms with E-state index in [0.29, 0.717) is 25.5 Å². The van der Waals surface area contributed by atoms with E-state index >= 15 is 0 Å². The summed E-state index contributed by atoms with van der Waals surface area (Å²) in [5, 5.41) is 3.49. The number of ether oxygens (including phenoxy) is 2. The molecule has 4 rings (SSSR count). The van der Waals surface area contributed by atoms with Crippen LogP contribution in [0.2, 0.25) is 0 Å². The lowest BCUT2D eigenvalue weighted by atomic mass is 9.97. The Morgan fingerprint density at radius 2 is 2.14 bits per heavy atom. The first-order valence-electron chi connectivity index (χ1n) is 9.72. The second-order valence-electron chi connectivity index (χ2n) is 7.20. The normalized spacial score (nSPS) is 14.8. The van der Waals surface area contributed by atoms with Crippen LogP contribution in [0.4, 0.5) is 5.69 Å². The molecule has 1 aliphatic heterocycles. The lowest BCUT2D eigenvalue weighted by molar-refractivity contribution is -0.108. The Hall–Kier alpha value is -3.34. The van der Waals surface area contributed by atoms with Crippen molar-refractivity contribution in [1.29, 1.82) is 0 Å². The van der Waals surface area contributed by atoms with Crippen LogP contribution in [-0.4, -0.2) is 25.0 Å². The first-order chi connectivity index (χ1) is 14.2. The highest BCUT2D eigenvalue weighted by molar-refractivity contribution is 5.68. The predicted octanol–water partition coefficient (Wildman–Crippen LogP) is 4.74. The van der Waals surface area contributed by atoms with Crippen LogP contribution in [0.3, 0.4) is 0 Å². The number of hydrogen-bond acceptors (Lipinski definition) is 5.